The molecule has 7 N–H and O–H groups in total. The third-order valence-corrected chi connectivity index (χ3v) is 8.28. The average molecular weight is 665 g/mol. The first-order valence-electron chi connectivity index (χ1n) is 17.0. The van der Waals surface area contributed by atoms with Gasteiger partial charge in [-0.1, -0.05) is 63.4 Å². The summed E-state index contributed by atoms with van der Waals surface area (Å²) in [6.45, 7) is 5.96. The zero-order valence-electron chi connectivity index (χ0n) is 28.1. The molecular weight excluding hydrogens is 608 g/mol. The number of hydrogen-bond donors (Lipinski definition) is 7. The van der Waals surface area contributed by atoms with Crippen molar-refractivity contribution in [2.45, 2.75) is 122 Å². The Kier molecular flexibility index (Phi) is 19.2. The first-order chi connectivity index (χ1) is 22.6. The monoisotopic (exact) mass is 664 g/mol. The number of aliphatic hydroxyl groups is 3. The molecule has 2 rings (SSSR count). The van der Waals surface area contributed by atoms with Crippen molar-refractivity contribution in [1.82, 2.24) is 21.3 Å². The van der Waals surface area contributed by atoms with Gasteiger partial charge >= 0.3 is 0 Å². The molecule has 0 spiro atoms. The van der Waals surface area contributed by atoms with E-state index in [0.29, 0.717) is 38.8 Å². The molecule has 1 aliphatic rings. The van der Waals surface area contributed by atoms with Crippen LogP contribution in [0.25, 0.3) is 0 Å². The quantitative estimate of drug-likeness (QED) is 0.0888. The van der Waals surface area contributed by atoms with Gasteiger partial charge in [0.2, 0.25) is 23.6 Å². The number of amides is 4. The maximum absolute atomic E-state index is 13.1. The predicted octanol–water partition coefficient (Wildman–Crippen LogP) is 1.07. The molecule has 4 amide bonds. The maximum Gasteiger partial charge on any atom is 0.242 e. The van der Waals surface area contributed by atoms with Crippen molar-refractivity contribution in [3.63, 3.8) is 0 Å². The molecule has 1 saturated heterocycles. The Labute approximate surface area is 278 Å². The van der Waals surface area contributed by atoms with E-state index in [9.17, 15) is 34.5 Å². The highest BCUT2D eigenvalue weighted by Gasteiger charge is 2.45. The second kappa shape index (κ2) is 22.5. The second-order valence-electron chi connectivity index (χ2n) is 12.2. The molecule has 13 heteroatoms. The number of benzene rings is 1. The summed E-state index contributed by atoms with van der Waals surface area (Å²) < 4.78 is 11.3. The maximum atomic E-state index is 13.1. The molecule has 7 atom stereocenters. The Bertz CT molecular complexity index is 1080. The minimum atomic E-state index is -1.36. The van der Waals surface area contributed by atoms with Gasteiger partial charge in [-0.05, 0) is 37.7 Å². The molecule has 266 valence electrons. The first kappa shape index (κ1) is 40.1. The SMILES string of the molecule is CCC(C)C(=O)NCCCCCC(=O)NC(Cc1ccccc1)C(=O)NCCCCCCO[C@@H]1OC(CO)[C@@H](O)C(O)C1NC(C)=O. The smallest absolute Gasteiger partial charge is 0.242 e. The number of nitrogens with one attached hydrogen (secondary N) is 4. The zero-order chi connectivity index (χ0) is 34.6. The topological polar surface area (TPSA) is 196 Å². The van der Waals surface area contributed by atoms with Crippen molar-refractivity contribution in [1.29, 1.82) is 0 Å². The lowest BCUT2D eigenvalue weighted by atomic mass is 9.97. The van der Waals surface area contributed by atoms with E-state index in [0.717, 1.165) is 44.1 Å². The molecule has 5 unspecified atom stereocenters. The summed E-state index contributed by atoms with van der Waals surface area (Å²) in [4.78, 5) is 49.2. The fourth-order valence-electron chi connectivity index (χ4n) is 5.21. The fraction of sp³-hybridized carbons (Fsp3) is 0.706. The minimum absolute atomic E-state index is 0.00298. The molecule has 0 bridgehead atoms. The summed E-state index contributed by atoms with van der Waals surface area (Å²) in [6, 6.07) is 7.86. The summed E-state index contributed by atoms with van der Waals surface area (Å²) in [6.07, 6.45) is 1.93. The fourth-order valence-corrected chi connectivity index (χ4v) is 5.21. The standard InChI is InChI=1S/C34H56N4O9/c1-4-23(2)32(44)35-18-13-8-11-17-28(41)38-26(21-25-15-9-7-10-16-25)33(45)36-19-12-5-6-14-20-46-34-29(37-24(3)40)31(43)30(42)27(22-39)47-34/h7,9-10,15-16,23,26-27,29-31,34,39,42-43H,4-6,8,11-14,17-22H2,1-3H3,(H,35,44)(H,36,45)(H,37,40)(H,38,41)/t23?,26?,27?,29?,30-,31?,34-/m1/s1. The number of unbranched alkanes of at least 4 members (excludes halogenated alkanes) is 5. The molecule has 47 heavy (non-hydrogen) atoms. The van der Waals surface area contributed by atoms with Crippen LogP contribution in [0.5, 0.6) is 0 Å². The zero-order valence-corrected chi connectivity index (χ0v) is 28.1. The summed E-state index contributed by atoms with van der Waals surface area (Å²) in [5.74, 6) is -0.783. The van der Waals surface area contributed by atoms with Crippen molar-refractivity contribution in [2.24, 2.45) is 5.92 Å². The van der Waals surface area contributed by atoms with Gasteiger partial charge in [0, 0.05) is 45.4 Å². The number of aliphatic hydroxyl groups excluding tert-OH is 3. The Morgan fingerprint density at radius 2 is 1.53 bits per heavy atom. The lowest BCUT2D eigenvalue weighted by Gasteiger charge is -2.42. The molecule has 1 fully saturated rings. The molecule has 0 radical (unpaired) electrons. The predicted molar refractivity (Wildman–Crippen MR) is 176 cm³/mol. The van der Waals surface area contributed by atoms with E-state index in [4.69, 9.17) is 9.47 Å². The molecule has 0 saturated carbocycles. The molecule has 1 aromatic carbocycles. The van der Waals surface area contributed by atoms with Crippen LogP contribution in [0.3, 0.4) is 0 Å². The highest BCUT2D eigenvalue weighted by molar-refractivity contribution is 5.87. The average Bonchev–Trinajstić information content (AvgIpc) is 3.06. The van der Waals surface area contributed by atoms with E-state index in [1.165, 1.54) is 6.92 Å². The van der Waals surface area contributed by atoms with E-state index < -0.39 is 49.2 Å². The van der Waals surface area contributed by atoms with Crippen molar-refractivity contribution >= 4 is 23.6 Å². The van der Waals surface area contributed by atoms with Gasteiger partial charge in [-0.25, -0.2) is 0 Å². The van der Waals surface area contributed by atoms with E-state index in [1.54, 1.807) is 0 Å². The number of ether oxygens (including phenoxy) is 2. The van der Waals surface area contributed by atoms with Crippen LogP contribution in [-0.4, -0.2) is 102 Å². The molecule has 13 nitrogen and oxygen atoms in total. The lowest BCUT2D eigenvalue weighted by Crippen LogP contribution is -2.64. The van der Waals surface area contributed by atoms with Gasteiger partial charge in [0.1, 0.15) is 30.4 Å². The summed E-state index contributed by atoms with van der Waals surface area (Å²) in [5, 5.41) is 41.2. The second-order valence-corrected chi connectivity index (χ2v) is 12.2. The number of rotatable bonds is 22. The van der Waals surface area contributed by atoms with Crippen LogP contribution in [0.15, 0.2) is 30.3 Å². The minimum Gasteiger partial charge on any atom is -0.394 e. The van der Waals surface area contributed by atoms with Gasteiger partial charge < -0.3 is 46.1 Å². The van der Waals surface area contributed by atoms with Crippen LogP contribution in [0.2, 0.25) is 0 Å². The molecule has 1 heterocycles. The van der Waals surface area contributed by atoms with Crippen LogP contribution in [-0.2, 0) is 35.1 Å². The largest absolute Gasteiger partial charge is 0.394 e. The molecule has 1 aromatic rings. The van der Waals surface area contributed by atoms with Gasteiger partial charge in [-0.3, -0.25) is 19.2 Å². The van der Waals surface area contributed by atoms with E-state index in [1.807, 2.05) is 44.2 Å². The number of carbonyl (C=O) groups excluding carboxylic acids is 4. The molecule has 0 aliphatic carbocycles. The molecule has 1 aliphatic heterocycles. The number of carbonyl (C=O) groups is 4. The Hall–Kier alpha value is -3.10. The summed E-state index contributed by atoms with van der Waals surface area (Å²) >= 11 is 0. The highest BCUT2D eigenvalue weighted by Crippen LogP contribution is 2.22. The van der Waals surface area contributed by atoms with Crippen molar-refractivity contribution < 1.29 is 44.0 Å². The van der Waals surface area contributed by atoms with Crippen LogP contribution in [0.4, 0.5) is 0 Å². The Morgan fingerprint density at radius 1 is 0.894 bits per heavy atom. The van der Waals surface area contributed by atoms with Gasteiger partial charge in [-0.2, -0.15) is 0 Å². The van der Waals surface area contributed by atoms with Crippen LogP contribution in [0, 0.1) is 5.92 Å². The van der Waals surface area contributed by atoms with Crippen molar-refractivity contribution in [2.75, 3.05) is 26.3 Å². The Morgan fingerprint density at radius 3 is 2.17 bits per heavy atom. The van der Waals surface area contributed by atoms with E-state index in [2.05, 4.69) is 21.3 Å². The molecule has 0 aromatic heterocycles. The lowest BCUT2D eigenvalue weighted by molar-refractivity contribution is -0.270. The normalized spacial score (nSPS) is 22.1. The van der Waals surface area contributed by atoms with E-state index >= 15 is 0 Å². The van der Waals surface area contributed by atoms with Crippen LogP contribution < -0.4 is 21.3 Å². The summed E-state index contributed by atoms with van der Waals surface area (Å²) in [5.41, 5.74) is 0.944. The number of hydrogen-bond acceptors (Lipinski definition) is 9. The first-order valence-corrected chi connectivity index (χ1v) is 17.0. The van der Waals surface area contributed by atoms with Crippen molar-refractivity contribution in [3.05, 3.63) is 35.9 Å². The van der Waals surface area contributed by atoms with Crippen LogP contribution in [0.1, 0.15) is 84.1 Å². The third kappa shape index (κ3) is 15.1. The van der Waals surface area contributed by atoms with Gasteiger partial charge in [0.05, 0.1) is 6.61 Å². The molecular formula is C34H56N4O9. The van der Waals surface area contributed by atoms with Gasteiger partial charge in [0.15, 0.2) is 6.29 Å². The van der Waals surface area contributed by atoms with Gasteiger partial charge in [0.25, 0.3) is 0 Å². The van der Waals surface area contributed by atoms with Crippen molar-refractivity contribution in [3.8, 4) is 0 Å². The third-order valence-electron chi connectivity index (χ3n) is 8.28. The Balaban J connectivity index is 1.71. The highest BCUT2D eigenvalue weighted by atomic mass is 16.7. The summed E-state index contributed by atoms with van der Waals surface area (Å²) in [7, 11) is 0. The van der Waals surface area contributed by atoms with E-state index in [-0.39, 0.29) is 30.2 Å². The van der Waals surface area contributed by atoms with Crippen LogP contribution >= 0.6 is 0 Å². The van der Waals surface area contributed by atoms with Gasteiger partial charge in [-0.15, -0.1) is 0 Å².